The van der Waals surface area contributed by atoms with Gasteiger partial charge in [-0.05, 0) is 36.5 Å². The van der Waals surface area contributed by atoms with E-state index in [4.69, 9.17) is 0 Å². The van der Waals surface area contributed by atoms with Crippen LogP contribution < -0.4 is 0 Å². The Morgan fingerprint density at radius 2 is 2.14 bits per heavy atom. The van der Waals surface area contributed by atoms with Gasteiger partial charge in [0, 0.05) is 11.8 Å². The first-order chi connectivity index (χ1) is 9.65. The minimum Gasteiger partial charge on any atom is -0.274 e. The predicted molar refractivity (Wildman–Crippen MR) is 82.0 cm³/mol. The van der Waals surface area contributed by atoms with Crippen LogP contribution in [-0.4, -0.2) is 30.4 Å². The smallest absolute Gasteiger partial charge is 0.238 e. The molecule has 4 atom stereocenters. The van der Waals surface area contributed by atoms with E-state index >= 15 is 0 Å². The number of rotatable bonds is 3. The monoisotopic (exact) mass is 311 g/mol. The number of sulfonamides is 1. The van der Waals surface area contributed by atoms with Crippen LogP contribution in [0.15, 0.2) is 12.7 Å². The Bertz CT molecular complexity index is 595. The maximum atomic E-state index is 12.6. The largest absolute Gasteiger partial charge is 0.274 e. The fourth-order valence-corrected chi connectivity index (χ4v) is 7.63. The number of hydrogen-bond acceptors (Lipinski definition) is 3. The molecule has 1 aliphatic heterocycles. The highest BCUT2D eigenvalue weighted by molar-refractivity contribution is 7.90. The summed E-state index contributed by atoms with van der Waals surface area (Å²) in [7, 11) is -3.46. The molecule has 2 aliphatic carbocycles. The van der Waals surface area contributed by atoms with Crippen molar-refractivity contribution in [1.82, 2.24) is 4.31 Å². The molecule has 2 saturated carbocycles. The Labute approximate surface area is 127 Å². The standard InChI is InChI=1S/C16H25NO3S/c1-5-11(2)8-14(18)17-13-9-12-6-7-16(13,15(12,3)4)10-21(17,19)20/h5,11-13H,1,6-10H2,2-4H3/t11-,12-,13+,16+/m1/s1. The third kappa shape index (κ3) is 1.79. The normalized spacial score (nSPS) is 40.0. The van der Waals surface area contributed by atoms with E-state index in [0.29, 0.717) is 5.92 Å². The van der Waals surface area contributed by atoms with E-state index in [0.717, 1.165) is 19.3 Å². The molecule has 0 unspecified atom stereocenters. The van der Waals surface area contributed by atoms with Crippen molar-refractivity contribution in [3.05, 3.63) is 12.7 Å². The van der Waals surface area contributed by atoms with Crippen LogP contribution >= 0.6 is 0 Å². The molecule has 5 heteroatoms. The first kappa shape index (κ1) is 15.1. The number of amides is 1. The van der Waals surface area contributed by atoms with Gasteiger partial charge in [0.25, 0.3) is 0 Å². The summed E-state index contributed by atoms with van der Waals surface area (Å²) in [4.78, 5) is 12.6. The van der Waals surface area contributed by atoms with E-state index in [2.05, 4.69) is 20.4 Å². The van der Waals surface area contributed by atoms with Gasteiger partial charge in [0.1, 0.15) is 0 Å². The Morgan fingerprint density at radius 3 is 2.71 bits per heavy atom. The maximum absolute atomic E-state index is 12.6. The molecular weight excluding hydrogens is 286 g/mol. The molecule has 3 rings (SSSR count). The molecule has 118 valence electrons. The molecule has 3 aliphatic rings. The summed E-state index contributed by atoms with van der Waals surface area (Å²) in [6.45, 7) is 9.97. The van der Waals surface area contributed by atoms with Gasteiger partial charge in [-0.15, -0.1) is 6.58 Å². The molecule has 0 aromatic carbocycles. The van der Waals surface area contributed by atoms with E-state index in [-0.39, 0.29) is 40.9 Å². The molecule has 1 spiro atoms. The van der Waals surface area contributed by atoms with Gasteiger partial charge in [0.15, 0.2) is 0 Å². The summed E-state index contributed by atoms with van der Waals surface area (Å²) in [5.74, 6) is 0.469. The van der Waals surface area contributed by atoms with Crippen molar-refractivity contribution in [3.63, 3.8) is 0 Å². The van der Waals surface area contributed by atoms with Gasteiger partial charge in [-0.25, -0.2) is 12.7 Å². The Hall–Kier alpha value is -0.840. The number of allylic oxidation sites excluding steroid dienone is 1. The van der Waals surface area contributed by atoms with Crippen LogP contribution in [0.5, 0.6) is 0 Å². The van der Waals surface area contributed by atoms with E-state index < -0.39 is 10.0 Å². The fourth-order valence-electron chi connectivity index (χ4n) is 5.07. The van der Waals surface area contributed by atoms with Crippen LogP contribution in [0.3, 0.4) is 0 Å². The first-order valence-electron chi connectivity index (χ1n) is 7.83. The molecule has 1 heterocycles. The van der Waals surface area contributed by atoms with Crippen LogP contribution in [-0.2, 0) is 14.8 Å². The van der Waals surface area contributed by atoms with Crippen LogP contribution in [0, 0.1) is 22.7 Å². The highest BCUT2D eigenvalue weighted by Gasteiger charge is 2.72. The third-order valence-corrected chi connectivity index (χ3v) is 8.49. The van der Waals surface area contributed by atoms with Crippen LogP contribution in [0.2, 0.25) is 0 Å². The quantitative estimate of drug-likeness (QED) is 0.753. The summed E-state index contributed by atoms with van der Waals surface area (Å²) in [6, 6.07) is -0.110. The van der Waals surface area contributed by atoms with Gasteiger partial charge in [0.05, 0.1) is 11.8 Å². The van der Waals surface area contributed by atoms with Crippen molar-refractivity contribution in [1.29, 1.82) is 0 Å². The second-order valence-electron chi connectivity index (χ2n) is 7.73. The van der Waals surface area contributed by atoms with Crippen molar-refractivity contribution in [3.8, 4) is 0 Å². The zero-order valence-corrected chi connectivity index (χ0v) is 13.9. The van der Waals surface area contributed by atoms with Gasteiger partial charge in [-0.2, -0.15) is 0 Å². The highest BCUT2D eigenvalue weighted by atomic mass is 32.2. The Balaban J connectivity index is 1.97. The van der Waals surface area contributed by atoms with Gasteiger partial charge < -0.3 is 0 Å². The molecule has 4 nitrogen and oxygen atoms in total. The number of hydrogen-bond donors (Lipinski definition) is 0. The van der Waals surface area contributed by atoms with Gasteiger partial charge in [0.2, 0.25) is 15.9 Å². The zero-order chi connectivity index (χ0) is 15.6. The molecular formula is C16H25NO3S. The fraction of sp³-hybridized carbons (Fsp3) is 0.812. The van der Waals surface area contributed by atoms with E-state index in [1.54, 1.807) is 6.08 Å². The average Bonchev–Trinajstić information content (AvgIpc) is 2.84. The van der Waals surface area contributed by atoms with Crippen molar-refractivity contribution in [2.24, 2.45) is 22.7 Å². The lowest BCUT2D eigenvalue weighted by Gasteiger charge is -2.37. The van der Waals surface area contributed by atoms with Crippen LogP contribution in [0.25, 0.3) is 0 Å². The Morgan fingerprint density at radius 1 is 1.48 bits per heavy atom. The average molecular weight is 311 g/mol. The van der Waals surface area contributed by atoms with E-state index in [1.165, 1.54) is 4.31 Å². The molecule has 3 fully saturated rings. The van der Waals surface area contributed by atoms with Crippen molar-refractivity contribution in [2.45, 2.75) is 52.5 Å². The summed E-state index contributed by atoms with van der Waals surface area (Å²) in [6.07, 6.45) is 4.83. The van der Waals surface area contributed by atoms with Gasteiger partial charge in [-0.1, -0.05) is 26.8 Å². The highest BCUT2D eigenvalue weighted by Crippen LogP contribution is 2.70. The molecule has 0 radical (unpaired) electrons. The lowest BCUT2D eigenvalue weighted by Crippen LogP contribution is -2.44. The van der Waals surface area contributed by atoms with Crippen molar-refractivity contribution < 1.29 is 13.2 Å². The summed E-state index contributed by atoms with van der Waals surface area (Å²) >= 11 is 0. The third-order valence-electron chi connectivity index (χ3n) is 6.56. The predicted octanol–water partition coefficient (Wildman–Crippen LogP) is 2.57. The zero-order valence-electron chi connectivity index (χ0n) is 13.1. The molecule has 1 amide bonds. The molecule has 0 aromatic heterocycles. The lowest BCUT2D eigenvalue weighted by molar-refractivity contribution is -0.129. The Kier molecular flexibility index (Phi) is 3.11. The molecule has 0 aromatic rings. The SMILES string of the molecule is C=C[C@@H](C)CC(=O)N1[C@H]2C[C@H]3CC[C@@]2(CS1(=O)=O)C3(C)C. The molecule has 1 saturated heterocycles. The minimum absolute atomic E-state index is 0.0100. The molecule has 0 N–H and O–H groups in total. The second kappa shape index (κ2) is 4.34. The van der Waals surface area contributed by atoms with Crippen molar-refractivity contribution in [2.75, 3.05) is 5.75 Å². The maximum Gasteiger partial charge on any atom is 0.238 e. The number of fused-ring (bicyclic) bond motifs is 1. The van der Waals surface area contributed by atoms with Crippen LogP contribution in [0.4, 0.5) is 0 Å². The lowest BCUT2D eigenvalue weighted by atomic mass is 9.69. The van der Waals surface area contributed by atoms with Crippen molar-refractivity contribution >= 4 is 15.9 Å². The van der Waals surface area contributed by atoms with Gasteiger partial charge in [-0.3, -0.25) is 4.79 Å². The first-order valence-corrected chi connectivity index (χ1v) is 9.44. The van der Waals surface area contributed by atoms with Crippen LogP contribution in [0.1, 0.15) is 46.5 Å². The number of carbonyl (C=O) groups excluding carboxylic acids is 1. The molecule has 2 bridgehead atoms. The number of carbonyl (C=O) groups is 1. The van der Waals surface area contributed by atoms with E-state index in [1.807, 2.05) is 6.92 Å². The second-order valence-corrected chi connectivity index (χ2v) is 9.57. The summed E-state index contributed by atoms with van der Waals surface area (Å²) < 4.78 is 26.5. The number of nitrogens with zero attached hydrogens (tertiary/aromatic N) is 1. The van der Waals surface area contributed by atoms with E-state index in [9.17, 15) is 13.2 Å². The van der Waals surface area contributed by atoms with Gasteiger partial charge >= 0.3 is 0 Å². The summed E-state index contributed by atoms with van der Waals surface area (Å²) in [5.41, 5.74) is -0.201. The topological polar surface area (TPSA) is 54.5 Å². The minimum atomic E-state index is -3.46. The summed E-state index contributed by atoms with van der Waals surface area (Å²) in [5, 5.41) is 0. The molecule has 21 heavy (non-hydrogen) atoms.